The minimum Gasteiger partial charge on any atom is -0.314 e. The number of hydrogen-bond acceptors (Lipinski definition) is 1. The highest BCUT2D eigenvalue weighted by Gasteiger charge is 2.37. The first-order valence-corrected chi connectivity index (χ1v) is 6.45. The zero-order chi connectivity index (χ0) is 10.8. The molecular weight excluding hydrogens is 250 g/mol. The van der Waals surface area contributed by atoms with Crippen LogP contribution in [0.2, 0.25) is 0 Å². The minimum absolute atomic E-state index is 0.608. The average molecular weight is 268 g/mol. The highest BCUT2D eigenvalue weighted by molar-refractivity contribution is 9.10. The lowest BCUT2D eigenvalue weighted by molar-refractivity contribution is 0.554. The van der Waals surface area contributed by atoms with E-state index in [0.29, 0.717) is 6.04 Å². The normalized spacial score (nSPS) is 24.5. The van der Waals surface area contributed by atoms with Crippen LogP contribution in [-0.2, 0) is 0 Å². The molecule has 0 bridgehead atoms. The van der Waals surface area contributed by atoms with Crippen LogP contribution in [0.3, 0.4) is 0 Å². The lowest BCUT2D eigenvalue weighted by Gasteiger charge is -2.07. The van der Waals surface area contributed by atoms with Gasteiger partial charge in [-0.1, -0.05) is 41.9 Å². The number of rotatable bonds is 4. The molecule has 1 aliphatic rings. The summed E-state index contributed by atoms with van der Waals surface area (Å²) in [5, 5.41) is 3.51. The Morgan fingerprint density at radius 3 is 2.60 bits per heavy atom. The summed E-state index contributed by atoms with van der Waals surface area (Å²) in [6, 6.07) is 9.37. The molecule has 2 atom stereocenters. The highest BCUT2D eigenvalue weighted by atomic mass is 79.9. The maximum atomic E-state index is 3.51. The van der Waals surface area contributed by atoms with E-state index in [9.17, 15) is 0 Å². The monoisotopic (exact) mass is 267 g/mol. The van der Waals surface area contributed by atoms with Gasteiger partial charge >= 0.3 is 0 Å². The number of nitrogens with one attached hydrogen (secondary N) is 1. The Labute approximate surface area is 100 Å². The van der Waals surface area contributed by atoms with Gasteiger partial charge in [-0.3, -0.25) is 0 Å². The second kappa shape index (κ2) is 4.67. The first kappa shape index (κ1) is 11.2. The van der Waals surface area contributed by atoms with Crippen molar-refractivity contribution in [3.63, 3.8) is 0 Å². The molecule has 82 valence electrons. The molecular formula is C13H18BrN. The van der Waals surface area contributed by atoms with Crippen LogP contribution in [0.4, 0.5) is 0 Å². The smallest absolute Gasteiger partial charge is 0.0175 e. The SMILES string of the molecule is CC(C)NCC1CC1c1ccc(Br)cc1. The summed E-state index contributed by atoms with van der Waals surface area (Å²) in [4.78, 5) is 0. The summed E-state index contributed by atoms with van der Waals surface area (Å²) < 4.78 is 1.17. The van der Waals surface area contributed by atoms with Crippen molar-refractivity contribution in [3.8, 4) is 0 Å². The van der Waals surface area contributed by atoms with Crippen LogP contribution in [-0.4, -0.2) is 12.6 Å². The van der Waals surface area contributed by atoms with Crippen molar-refractivity contribution in [1.29, 1.82) is 0 Å². The van der Waals surface area contributed by atoms with Crippen molar-refractivity contribution in [2.24, 2.45) is 5.92 Å². The largest absolute Gasteiger partial charge is 0.314 e. The molecule has 0 heterocycles. The van der Waals surface area contributed by atoms with E-state index in [-0.39, 0.29) is 0 Å². The van der Waals surface area contributed by atoms with Crippen molar-refractivity contribution in [2.75, 3.05) is 6.54 Å². The fourth-order valence-electron chi connectivity index (χ4n) is 1.98. The van der Waals surface area contributed by atoms with E-state index < -0.39 is 0 Å². The molecule has 1 aliphatic carbocycles. The zero-order valence-electron chi connectivity index (χ0n) is 9.33. The Hall–Kier alpha value is -0.340. The van der Waals surface area contributed by atoms with E-state index in [1.165, 1.54) is 23.0 Å². The van der Waals surface area contributed by atoms with E-state index in [4.69, 9.17) is 0 Å². The molecule has 1 N–H and O–H groups in total. The number of hydrogen-bond donors (Lipinski definition) is 1. The first-order chi connectivity index (χ1) is 7.16. The second-order valence-corrected chi connectivity index (χ2v) is 5.63. The zero-order valence-corrected chi connectivity index (χ0v) is 10.9. The molecule has 0 radical (unpaired) electrons. The Balaban J connectivity index is 1.85. The van der Waals surface area contributed by atoms with Gasteiger partial charge in [-0.05, 0) is 42.5 Å². The van der Waals surface area contributed by atoms with Gasteiger partial charge in [0, 0.05) is 10.5 Å². The van der Waals surface area contributed by atoms with Crippen LogP contribution in [0.5, 0.6) is 0 Å². The lowest BCUT2D eigenvalue weighted by Crippen LogP contribution is -2.25. The highest BCUT2D eigenvalue weighted by Crippen LogP contribution is 2.47. The molecule has 2 rings (SSSR count). The third-order valence-electron chi connectivity index (χ3n) is 3.01. The molecule has 0 aliphatic heterocycles. The van der Waals surface area contributed by atoms with Crippen molar-refractivity contribution in [2.45, 2.75) is 32.2 Å². The van der Waals surface area contributed by atoms with Gasteiger partial charge in [-0.2, -0.15) is 0 Å². The third-order valence-corrected chi connectivity index (χ3v) is 3.54. The maximum absolute atomic E-state index is 3.51. The summed E-state index contributed by atoms with van der Waals surface area (Å²) in [6.45, 7) is 5.58. The summed E-state index contributed by atoms with van der Waals surface area (Å²) in [6.07, 6.45) is 1.35. The fraction of sp³-hybridized carbons (Fsp3) is 0.538. The summed E-state index contributed by atoms with van der Waals surface area (Å²) >= 11 is 3.47. The van der Waals surface area contributed by atoms with E-state index >= 15 is 0 Å². The fourth-order valence-corrected chi connectivity index (χ4v) is 2.24. The van der Waals surface area contributed by atoms with E-state index in [1.807, 2.05) is 0 Å². The first-order valence-electron chi connectivity index (χ1n) is 5.65. The van der Waals surface area contributed by atoms with Gasteiger partial charge in [-0.25, -0.2) is 0 Å². The number of benzene rings is 1. The predicted molar refractivity (Wildman–Crippen MR) is 68.1 cm³/mol. The standard InChI is InChI=1S/C13H18BrN/c1-9(2)15-8-11-7-13(11)10-3-5-12(14)6-4-10/h3-6,9,11,13,15H,7-8H2,1-2H3. The molecule has 1 aromatic carbocycles. The molecule has 2 heteroatoms. The van der Waals surface area contributed by atoms with Crippen molar-refractivity contribution in [1.82, 2.24) is 5.32 Å². The molecule has 2 unspecified atom stereocenters. The topological polar surface area (TPSA) is 12.0 Å². The van der Waals surface area contributed by atoms with Gasteiger partial charge in [0.25, 0.3) is 0 Å². The molecule has 1 aromatic rings. The Kier molecular flexibility index (Phi) is 3.47. The maximum Gasteiger partial charge on any atom is 0.0175 e. The summed E-state index contributed by atoms with van der Waals surface area (Å²) in [5.41, 5.74) is 1.49. The Morgan fingerprint density at radius 2 is 2.00 bits per heavy atom. The van der Waals surface area contributed by atoms with Crippen LogP contribution in [0, 0.1) is 5.92 Å². The predicted octanol–water partition coefficient (Wildman–Crippen LogP) is 3.55. The molecule has 15 heavy (non-hydrogen) atoms. The minimum atomic E-state index is 0.608. The van der Waals surface area contributed by atoms with Gasteiger partial charge in [0.1, 0.15) is 0 Å². The van der Waals surface area contributed by atoms with Crippen LogP contribution < -0.4 is 5.32 Å². The van der Waals surface area contributed by atoms with E-state index in [2.05, 4.69) is 59.4 Å². The summed E-state index contributed by atoms with van der Waals surface area (Å²) in [5.74, 6) is 1.65. The molecule has 1 saturated carbocycles. The Morgan fingerprint density at radius 1 is 1.33 bits per heavy atom. The van der Waals surface area contributed by atoms with Gasteiger partial charge in [0.05, 0.1) is 0 Å². The van der Waals surface area contributed by atoms with Gasteiger partial charge in [0.2, 0.25) is 0 Å². The van der Waals surface area contributed by atoms with Crippen molar-refractivity contribution in [3.05, 3.63) is 34.3 Å². The quantitative estimate of drug-likeness (QED) is 0.880. The summed E-state index contributed by atoms with van der Waals surface area (Å²) in [7, 11) is 0. The average Bonchev–Trinajstić information content (AvgIpc) is 2.95. The molecule has 1 fully saturated rings. The van der Waals surface area contributed by atoms with Crippen molar-refractivity contribution >= 4 is 15.9 Å². The van der Waals surface area contributed by atoms with E-state index in [1.54, 1.807) is 0 Å². The van der Waals surface area contributed by atoms with E-state index in [0.717, 1.165) is 11.8 Å². The van der Waals surface area contributed by atoms with Gasteiger partial charge in [-0.15, -0.1) is 0 Å². The van der Waals surface area contributed by atoms with Crippen LogP contribution in [0.1, 0.15) is 31.7 Å². The molecule has 0 amide bonds. The second-order valence-electron chi connectivity index (χ2n) is 4.72. The molecule has 0 spiro atoms. The van der Waals surface area contributed by atoms with Gasteiger partial charge < -0.3 is 5.32 Å². The van der Waals surface area contributed by atoms with Crippen LogP contribution >= 0.6 is 15.9 Å². The molecule has 0 saturated heterocycles. The van der Waals surface area contributed by atoms with Crippen LogP contribution in [0.25, 0.3) is 0 Å². The lowest BCUT2D eigenvalue weighted by atomic mass is 10.1. The molecule has 0 aromatic heterocycles. The van der Waals surface area contributed by atoms with Gasteiger partial charge in [0.15, 0.2) is 0 Å². The molecule has 1 nitrogen and oxygen atoms in total. The Bertz CT molecular complexity index is 318. The van der Waals surface area contributed by atoms with Crippen LogP contribution in [0.15, 0.2) is 28.7 Å². The number of halogens is 1. The third kappa shape index (κ3) is 3.05. The van der Waals surface area contributed by atoms with Crippen molar-refractivity contribution < 1.29 is 0 Å².